The Morgan fingerprint density at radius 3 is 1.39 bits per heavy atom. The van der Waals surface area contributed by atoms with Gasteiger partial charge < -0.3 is 4.74 Å². The fraction of sp³-hybridized carbons (Fsp3) is 0.944. The Kier molecular flexibility index (Phi) is 17.0. The number of rotatable bonds is 15. The molecule has 0 atom stereocenters. The van der Waals surface area contributed by atoms with Crippen LogP contribution >= 0.6 is 47.8 Å². The fourth-order valence-corrected chi connectivity index (χ4v) is 2.89. The summed E-state index contributed by atoms with van der Waals surface area (Å²) in [5.74, 6) is -0.327. The average molecular weight is 521 g/mol. The van der Waals surface area contributed by atoms with Crippen molar-refractivity contribution < 1.29 is 9.53 Å². The van der Waals surface area contributed by atoms with Crippen LogP contribution < -0.4 is 0 Å². The van der Waals surface area contributed by atoms with E-state index in [2.05, 4.69) is 54.7 Å². The molecule has 0 rings (SSSR count). The second-order valence-electron chi connectivity index (χ2n) is 6.23. The van der Waals surface area contributed by atoms with E-state index in [-0.39, 0.29) is 5.97 Å². The van der Waals surface area contributed by atoms with Gasteiger partial charge in [-0.25, -0.2) is 4.79 Å². The minimum atomic E-state index is -0.928. The van der Waals surface area contributed by atoms with Crippen LogP contribution in [0.3, 0.4) is 0 Å². The highest BCUT2D eigenvalue weighted by atomic mass is 80.0. The zero-order valence-electron chi connectivity index (χ0n) is 14.6. The Morgan fingerprint density at radius 1 is 0.696 bits per heavy atom. The predicted octanol–water partition coefficient (Wildman–Crippen LogP) is 7.85. The highest BCUT2D eigenvalue weighted by Crippen LogP contribution is 2.34. The minimum Gasteiger partial charge on any atom is -0.463 e. The largest absolute Gasteiger partial charge is 0.463 e. The van der Waals surface area contributed by atoms with Gasteiger partial charge in [-0.05, 0) is 54.2 Å². The van der Waals surface area contributed by atoms with Gasteiger partial charge >= 0.3 is 5.97 Å². The maximum Gasteiger partial charge on any atom is 0.344 e. The number of hydrogen-bond donors (Lipinski definition) is 0. The molecule has 0 fully saturated rings. The molecule has 0 aromatic rings. The van der Waals surface area contributed by atoms with E-state index in [9.17, 15) is 4.79 Å². The second kappa shape index (κ2) is 16.4. The molecule has 2 nitrogen and oxygen atoms in total. The molecule has 0 aliphatic heterocycles. The van der Waals surface area contributed by atoms with E-state index in [0.29, 0.717) is 6.61 Å². The number of carbonyl (C=O) groups is 1. The summed E-state index contributed by atoms with van der Waals surface area (Å²) in [6, 6.07) is 0. The van der Waals surface area contributed by atoms with Gasteiger partial charge in [-0.3, -0.25) is 0 Å². The first kappa shape index (κ1) is 23.9. The maximum atomic E-state index is 11.4. The molecule has 0 N–H and O–H groups in total. The normalized spacial score (nSPS) is 11.7. The number of carbonyl (C=O) groups excluding carboxylic acids is 1. The van der Waals surface area contributed by atoms with Crippen LogP contribution in [-0.2, 0) is 9.53 Å². The van der Waals surface area contributed by atoms with E-state index in [0.717, 1.165) is 12.8 Å². The van der Waals surface area contributed by atoms with Crippen molar-refractivity contribution in [3.8, 4) is 0 Å². The molecule has 0 unspecified atom stereocenters. The molecule has 0 heterocycles. The molecule has 5 heteroatoms. The van der Waals surface area contributed by atoms with Crippen LogP contribution in [0.15, 0.2) is 0 Å². The first-order chi connectivity index (χ1) is 11.0. The van der Waals surface area contributed by atoms with Gasteiger partial charge in [0.1, 0.15) is 0 Å². The number of unbranched alkanes of at least 4 members (excludes halogenated alkanes) is 13. The SMILES string of the molecule is CCCCCCCCCCCCCCCCOC(=O)C(Br)(Br)Br. The van der Waals surface area contributed by atoms with Crippen LogP contribution in [0.4, 0.5) is 0 Å². The van der Waals surface area contributed by atoms with Crippen LogP contribution in [0.1, 0.15) is 96.8 Å². The van der Waals surface area contributed by atoms with Gasteiger partial charge in [0, 0.05) is 0 Å². The Hall–Kier alpha value is 0.910. The summed E-state index contributed by atoms with van der Waals surface area (Å²) < 4.78 is 4.21. The monoisotopic (exact) mass is 518 g/mol. The molecular weight excluding hydrogens is 488 g/mol. The summed E-state index contributed by atoms with van der Waals surface area (Å²) in [6.45, 7) is 2.77. The zero-order chi connectivity index (χ0) is 17.4. The van der Waals surface area contributed by atoms with E-state index in [1.807, 2.05) is 0 Å². The Labute approximate surface area is 168 Å². The number of alkyl halides is 3. The first-order valence-corrected chi connectivity index (χ1v) is 11.6. The van der Waals surface area contributed by atoms with E-state index in [4.69, 9.17) is 4.74 Å². The van der Waals surface area contributed by atoms with Gasteiger partial charge in [-0.2, -0.15) is 0 Å². The molecule has 0 saturated heterocycles. The maximum absolute atomic E-state index is 11.4. The molecular formula is C18H33Br3O2. The van der Waals surface area contributed by atoms with Crippen molar-refractivity contribution in [2.75, 3.05) is 6.61 Å². The zero-order valence-corrected chi connectivity index (χ0v) is 19.3. The summed E-state index contributed by atoms with van der Waals surface area (Å²) in [5.41, 5.74) is 0. The molecule has 0 aromatic carbocycles. The fourth-order valence-electron chi connectivity index (χ4n) is 2.54. The lowest BCUT2D eigenvalue weighted by Crippen LogP contribution is -2.20. The van der Waals surface area contributed by atoms with Gasteiger partial charge in [-0.15, -0.1) is 0 Å². The van der Waals surface area contributed by atoms with E-state index in [1.54, 1.807) is 0 Å². The minimum absolute atomic E-state index is 0.327. The van der Waals surface area contributed by atoms with Gasteiger partial charge in [-0.1, -0.05) is 90.4 Å². The van der Waals surface area contributed by atoms with Crippen molar-refractivity contribution >= 4 is 53.8 Å². The Morgan fingerprint density at radius 2 is 1.04 bits per heavy atom. The van der Waals surface area contributed by atoms with Crippen molar-refractivity contribution in [2.24, 2.45) is 0 Å². The number of halogens is 3. The topological polar surface area (TPSA) is 26.3 Å². The van der Waals surface area contributed by atoms with Crippen molar-refractivity contribution in [2.45, 2.75) is 99.0 Å². The van der Waals surface area contributed by atoms with Crippen LogP contribution in [-0.4, -0.2) is 14.7 Å². The summed E-state index contributed by atoms with van der Waals surface area (Å²) >= 11 is 9.44. The summed E-state index contributed by atoms with van der Waals surface area (Å²) in [4.78, 5) is 11.4. The molecule has 0 spiro atoms. The Bertz CT molecular complexity index is 278. The van der Waals surface area contributed by atoms with E-state index >= 15 is 0 Å². The van der Waals surface area contributed by atoms with Crippen LogP contribution in [0.25, 0.3) is 0 Å². The van der Waals surface area contributed by atoms with Crippen molar-refractivity contribution in [1.82, 2.24) is 0 Å². The predicted molar refractivity (Wildman–Crippen MR) is 111 cm³/mol. The van der Waals surface area contributed by atoms with E-state index < -0.39 is 2.14 Å². The summed E-state index contributed by atoms with van der Waals surface area (Å²) in [5, 5.41) is 0. The summed E-state index contributed by atoms with van der Waals surface area (Å²) in [6.07, 6.45) is 18.6. The molecule has 138 valence electrons. The quantitative estimate of drug-likeness (QED) is 0.125. The third kappa shape index (κ3) is 17.5. The average Bonchev–Trinajstić information content (AvgIpc) is 2.50. The molecule has 0 amide bonds. The lowest BCUT2D eigenvalue weighted by molar-refractivity contribution is -0.141. The van der Waals surface area contributed by atoms with Crippen LogP contribution in [0, 0.1) is 0 Å². The third-order valence-electron chi connectivity index (χ3n) is 3.96. The van der Waals surface area contributed by atoms with Crippen LogP contribution in [0.5, 0.6) is 0 Å². The van der Waals surface area contributed by atoms with Crippen molar-refractivity contribution in [1.29, 1.82) is 0 Å². The third-order valence-corrected chi connectivity index (χ3v) is 4.93. The summed E-state index contributed by atoms with van der Waals surface area (Å²) in [7, 11) is 0. The molecule has 23 heavy (non-hydrogen) atoms. The second-order valence-corrected chi connectivity index (χ2v) is 13.0. The molecule has 0 aliphatic rings. The molecule has 0 radical (unpaired) electrons. The standard InChI is InChI=1S/C18H33Br3O2/c1-2-3-4-5-6-7-8-9-10-11-12-13-14-15-16-23-17(22)18(19,20)21/h2-16H2,1H3. The van der Waals surface area contributed by atoms with Gasteiger partial charge in [0.25, 0.3) is 0 Å². The van der Waals surface area contributed by atoms with Crippen LogP contribution in [0.2, 0.25) is 0 Å². The number of hydrogen-bond acceptors (Lipinski definition) is 2. The molecule has 0 aromatic heterocycles. The molecule has 0 bridgehead atoms. The van der Waals surface area contributed by atoms with E-state index in [1.165, 1.54) is 77.0 Å². The first-order valence-electron chi connectivity index (χ1n) is 9.22. The van der Waals surface area contributed by atoms with Gasteiger partial charge in [0.05, 0.1) is 6.61 Å². The van der Waals surface area contributed by atoms with Crippen molar-refractivity contribution in [3.63, 3.8) is 0 Å². The lowest BCUT2D eigenvalue weighted by Gasteiger charge is -2.11. The van der Waals surface area contributed by atoms with Gasteiger partial charge in [0.15, 0.2) is 0 Å². The molecule has 0 aliphatic carbocycles. The Balaban J connectivity index is 3.12. The number of ether oxygens (including phenoxy) is 1. The highest BCUT2D eigenvalue weighted by Gasteiger charge is 2.30. The molecule has 0 saturated carbocycles. The highest BCUT2D eigenvalue weighted by molar-refractivity contribution is 9.40. The number of esters is 1. The smallest absolute Gasteiger partial charge is 0.344 e. The van der Waals surface area contributed by atoms with Gasteiger partial charge in [0.2, 0.25) is 2.14 Å². The van der Waals surface area contributed by atoms with Crippen molar-refractivity contribution in [3.05, 3.63) is 0 Å². The lowest BCUT2D eigenvalue weighted by atomic mass is 10.0.